The summed E-state index contributed by atoms with van der Waals surface area (Å²) in [6.45, 7) is 11.0. The number of anilines is 4. The molecule has 1 aliphatic heterocycles. The van der Waals surface area contributed by atoms with Crippen LogP contribution in [0.5, 0.6) is 0 Å². The summed E-state index contributed by atoms with van der Waals surface area (Å²) in [6, 6.07) is 13.5. The minimum atomic E-state index is -4.05. The van der Waals surface area contributed by atoms with E-state index in [-0.39, 0.29) is 41.6 Å². The number of unbranched alkanes of at least 4 members (excludes halogenated alkanes) is 2. The molecule has 16 heteroatoms. The number of aryl methyl sites for hydroxylation is 1. The van der Waals surface area contributed by atoms with Gasteiger partial charge in [0, 0.05) is 42.9 Å². The number of hydrogen-bond donors (Lipinski definition) is 2. The summed E-state index contributed by atoms with van der Waals surface area (Å²) in [5.41, 5.74) is 5.29. The predicted molar refractivity (Wildman–Crippen MR) is 241 cm³/mol. The largest absolute Gasteiger partial charge is 0.466 e. The molecule has 1 unspecified atom stereocenters. The first-order valence-electron chi connectivity index (χ1n) is 21.7. The van der Waals surface area contributed by atoms with Crippen LogP contribution in [-0.4, -0.2) is 77.1 Å². The summed E-state index contributed by atoms with van der Waals surface area (Å²) in [5, 5.41) is 20.3. The molecule has 324 valence electrons. The van der Waals surface area contributed by atoms with E-state index in [0.717, 1.165) is 57.1 Å². The standard InChI is InChI=1S/C45H57N9O5S2/c1-7-59-39(55)15-9-8-12-18-61(57,58)52-43(56)41-34(40-28(3)29(4)51-54(30(40)5)26-45-23-31-20-32(24-45)22-33(21-31)25-45)16-17-37(47-41)53(6)38-19-27(2)42(50-49-38)48-44-46-35-13-10-11-14-36(35)60-44/h10-11,13-14,16-17,19,28,31-33H,7-9,12,15,18,20-26H2,1-6H3,(H,52,56)(H,46,48,50). The van der Waals surface area contributed by atoms with Crippen LogP contribution in [0, 0.1) is 36.0 Å². The first-order valence-corrected chi connectivity index (χ1v) is 24.1. The molecule has 5 aliphatic rings. The van der Waals surface area contributed by atoms with E-state index in [0.29, 0.717) is 47.6 Å². The Morgan fingerprint density at radius 2 is 1.67 bits per heavy atom. The van der Waals surface area contributed by atoms with Gasteiger partial charge in [-0.2, -0.15) is 5.10 Å². The fourth-order valence-corrected chi connectivity index (χ4v) is 12.5. The van der Waals surface area contributed by atoms with E-state index in [2.05, 4.69) is 44.1 Å². The van der Waals surface area contributed by atoms with Crippen molar-refractivity contribution in [2.24, 2.45) is 34.2 Å². The predicted octanol–water partition coefficient (Wildman–Crippen LogP) is 8.76. The van der Waals surface area contributed by atoms with Crippen LogP contribution in [0.1, 0.15) is 114 Å². The molecule has 0 saturated heterocycles. The molecule has 4 saturated carbocycles. The van der Waals surface area contributed by atoms with Gasteiger partial charge in [0.05, 0.1) is 22.6 Å². The summed E-state index contributed by atoms with van der Waals surface area (Å²) >= 11 is 1.53. The van der Waals surface area contributed by atoms with Crippen molar-refractivity contribution >= 4 is 77.3 Å². The van der Waals surface area contributed by atoms with E-state index in [9.17, 15) is 18.0 Å². The van der Waals surface area contributed by atoms with Gasteiger partial charge in [0.15, 0.2) is 16.8 Å². The Balaban J connectivity index is 1.08. The summed E-state index contributed by atoms with van der Waals surface area (Å²) in [6.07, 6.45) is 9.27. The number of sulfonamides is 1. The Morgan fingerprint density at radius 3 is 2.36 bits per heavy atom. The smallest absolute Gasteiger partial charge is 0.305 e. The van der Waals surface area contributed by atoms with Gasteiger partial charge < -0.3 is 15.0 Å². The van der Waals surface area contributed by atoms with Crippen LogP contribution in [0.25, 0.3) is 15.8 Å². The highest BCUT2D eigenvalue weighted by atomic mass is 32.2. The SMILES string of the molecule is CCOC(=O)CCCCCS(=O)(=O)NC(=O)c1nc(N(C)c2cc(C)c(Nc3nc4ccccc4s3)nn2)ccc1C1=C(C)N(CC23CC4CC(CC(C4)C2)C3)N=C(C)C1C. The molecule has 4 fully saturated rings. The number of para-hydroxylation sites is 1. The van der Waals surface area contributed by atoms with Crippen LogP contribution in [0.2, 0.25) is 0 Å². The second kappa shape index (κ2) is 17.4. The minimum absolute atomic E-state index is 0.000283. The van der Waals surface area contributed by atoms with E-state index >= 15 is 0 Å². The van der Waals surface area contributed by atoms with Crippen LogP contribution >= 0.6 is 11.3 Å². The molecule has 1 aromatic carbocycles. The van der Waals surface area contributed by atoms with Crippen molar-refractivity contribution in [2.75, 3.05) is 36.2 Å². The number of carbonyl (C=O) groups excluding carboxylic acids is 2. The van der Waals surface area contributed by atoms with Crippen molar-refractivity contribution in [2.45, 2.75) is 98.8 Å². The van der Waals surface area contributed by atoms with Gasteiger partial charge in [-0.3, -0.25) is 14.6 Å². The number of carbonyl (C=O) groups is 2. The average molecular weight is 868 g/mol. The van der Waals surface area contributed by atoms with Crippen LogP contribution in [0.3, 0.4) is 0 Å². The molecule has 61 heavy (non-hydrogen) atoms. The first-order chi connectivity index (χ1) is 29.2. The number of allylic oxidation sites excluding steroid dienone is 2. The lowest BCUT2D eigenvalue weighted by Gasteiger charge is -2.57. The van der Waals surface area contributed by atoms with Gasteiger partial charge in [-0.25, -0.2) is 23.1 Å². The highest BCUT2D eigenvalue weighted by Gasteiger charge is 2.52. The fourth-order valence-electron chi connectivity index (χ4n) is 10.5. The number of fused-ring (bicyclic) bond motifs is 1. The van der Waals surface area contributed by atoms with Crippen LogP contribution in [0.4, 0.5) is 22.6 Å². The molecule has 3 aromatic heterocycles. The maximum atomic E-state index is 14.4. The first kappa shape index (κ1) is 42.7. The number of nitrogens with one attached hydrogen (secondary N) is 2. The van der Waals surface area contributed by atoms with Gasteiger partial charge >= 0.3 is 5.97 Å². The molecule has 4 heterocycles. The number of esters is 1. The zero-order valence-corrected chi connectivity index (χ0v) is 37.7. The van der Waals surface area contributed by atoms with Crippen LogP contribution < -0.4 is 14.9 Å². The highest BCUT2D eigenvalue weighted by molar-refractivity contribution is 7.90. The zero-order valence-electron chi connectivity index (χ0n) is 36.0. The minimum Gasteiger partial charge on any atom is -0.466 e. The molecule has 4 aromatic rings. The van der Waals surface area contributed by atoms with Crippen molar-refractivity contribution in [1.29, 1.82) is 0 Å². The zero-order chi connectivity index (χ0) is 43.1. The third-order valence-electron chi connectivity index (χ3n) is 13.2. The fraction of sp³-hybridized carbons (Fsp3) is 0.533. The number of nitrogens with zero attached hydrogens (tertiary/aromatic N) is 7. The molecule has 1 amide bonds. The van der Waals surface area contributed by atoms with Gasteiger partial charge in [0.1, 0.15) is 11.5 Å². The summed E-state index contributed by atoms with van der Waals surface area (Å²) in [4.78, 5) is 37.4. The monoisotopic (exact) mass is 867 g/mol. The van der Waals surface area contributed by atoms with Crippen LogP contribution in [-0.2, 0) is 19.6 Å². The average Bonchev–Trinajstić information content (AvgIpc) is 3.62. The molecular weight excluding hydrogens is 811 g/mol. The van der Waals surface area contributed by atoms with Crippen LogP contribution in [0.15, 0.2) is 53.3 Å². The molecule has 4 aliphatic carbocycles. The Morgan fingerprint density at radius 1 is 0.951 bits per heavy atom. The Labute approximate surface area is 362 Å². The summed E-state index contributed by atoms with van der Waals surface area (Å²) in [7, 11) is -2.26. The molecular formula is C45H57N9O5S2. The van der Waals surface area contributed by atoms with E-state index < -0.39 is 15.9 Å². The molecule has 9 rings (SSSR count). The second-order valence-corrected chi connectivity index (χ2v) is 20.6. The third-order valence-corrected chi connectivity index (χ3v) is 15.5. The van der Waals surface area contributed by atoms with Gasteiger partial charge in [0.25, 0.3) is 5.91 Å². The Kier molecular flexibility index (Phi) is 12.2. The Hall–Kier alpha value is -4.96. The lowest BCUT2D eigenvalue weighted by molar-refractivity contribution is -0.143. The molecule has 1 atom stereocenters. The topological polar surface area (TPSA) is 172 Å². The Bertz CT molecular complexity index is 2430. The maximum Gasteiger partial charge on any atom is 0.305 e. The third kappa shape index (κ3) is 9.30. The van der Waals surface area contributed by atoms with E-state index in [1.165, 1.54) is 49.9 Å². The van der Waals surface area contributed by atoms with E-state index in [1.54, 1.807) is 18.9 Å². The van der Waals surface area contributed by atoms with Gasteiger partial charge in [0.2, 0.25) is 10.0 Å². The summed E-state index contributed by atoms with van der Waals surface area (Å²) in [5.74, 6) is 2.30. The molecule has 14 nitrogen and oxygen atoms in total. The maximum absolute atomic E-state index is 14.4. The van der Waals surface area contributed by atoms with Crippen molar-refractivity contribution < 1.29 is 22.7 Å². The summed E-state index contributed by atoms with van der Waals surface area (Å²) < 4.78 is 35.3. The second-order valence-electron chi connectivity index (χ2n) is 17.8. The van der Waals surface area contributed by atoms with E-state index in [4.69, 9.17) is 14.8 Å². The molecule has 0 radical (unpaired) electrons. The quantitative estimate of drug-likeness (QED) is 0.0812. The van der Waals surface area contributed by atoms with E-state index in [1.807, 2.05) is 56.3 Å². The number of amides is 1. The number of thiazole rings is 1. The molecule has 2 N–H and O–H groups in total. The molecule has 4 bridgehead atoms. The number of ether oxygens (including phenoxy) is 1. The van der Waals surface area contributed by atoms with Gasteiger partial charge in [-0.05, 0) is 144 Å². The number of rotatable bonds is 16. The lowest BCUT2D eigenvalue weighted by atomic mass is 9.49. The van der Waals surface area contributed by atoms with Gasteiger partial charge in [-0.1, -0.05) is 36.8 Å². The lowest BCUT2D eigenvalue weighted by Crippen LogP contribution is -2.50. The van der Waals surface area contributed by atoms with Crippen molar-refractivity contribution in [1.82, 2.24) is 29.9 Å². The van der Waals surface area contributed by atoms with Crippen molar-refractivity contribution in [3.63, 3.8) is 0 Å². The van der Waals surface area contributed by atoms with Crippen molar-refractivity contribution in [3.05, 3.63) is 65.0 Å². The molecule has 0 spiro atoms. The number of hydrogen-bond acceptors (Lipinski definition) is 14. The number of pyridine rings is 1. The number of hydrazone groups is 1. The van der Waals surface area contributed by atoms with Crippen molar-refractivity contribution in [3.8, 4) is 0 Å². The number of aromatic nitrogens is 4. The normalized spacial score (nSPS) is 23.3. The van der Waals surface area contributed by atoms with Gasteiger partial charge in [-0.15, -0.1) is 10.2 Å². The number of benzene rings is 1. The highest BCUT2D eigenvalue weighted by Crippen LogP contribution is 2.60.